The third-order valence-corrected chi connectivity index (χ3v) is 3.73. The van der Waals surface area contributed by atoms with Crippen molar-refractivity contribution in [1.29, 1.82) is 0 Å². The Balaban J connectivity index is 1.79. The maximum Gasteiger partial charge on any atom is 0.337 e. The van der Waals surface area contributed by atoms with Crippen LogP contribution in [0.4, 0.5) is 10.1 Å². The van der Waals surface area contributed by atoms with Crippen LogP contribution in [0.1, 0.15) is 28.3 Å². The molecule has 2 aromatic rings. The molecule has 0 radical (unpaired) electrons. The van der Waals surface area contributed by atoms with E-state index >= 15 is 0 Å². The van der Waals surface area contributed by atoms with Gasteiger partial charge < -0.3 is 15.2 Å². The number of anilines is 1. The number of fused-ring (bicyclic) bond motifs is 1. The zero-order chi connectivity index (χ0) is 15.5. The SMILES string of the molecule is O=C(O)c1ccncc1NCC1CCOc2ccc(F)cc21. The first-order valence-corrected chi connectivity index (χ1v) is 6.98. The van der Waals surface area contributed by atoms with Gasteiger partial charge in [-0.1, -0.05) is 0 Å². The molecule has 0 aliphatic carbocycles. The summed E-state index contributed by atoms with van der Waals surface area (Å²) in [6.07, 6.45) is 3.66. The Morgan fingerprint density at radius 3 is 3.14 bits per heavy atom. The van der Waals surface area contributed by atoms with E-state index in [0.717, 1.165) is 12.0 Å². The van der Waals surface area contributed by atoms with Gasteiger partial charge in [-0.2, -0.15) is 0 Å². The Kier molecular flexibility index (Phi) is 3.91. The standard InChI is InChI=1S/C16H15FN2O3/c17-11-1-2-15-13(7-11)10(4-6-22-15)8-19-14-9-18-5-3-12(14)16(20)21/h1-3,5,7,9-10,19H,4,6,8H2,(H,20,21). The van der Waals surface area contributed by atoms with Gasteiger partial charge in [-0.3, -0.25) is 4.98 Å². The van der Waals surface area contributed by atoms with Gasteiger partial charge in [-0.15, -0.1) is 0 Å². The quantitative estimate of drug-likeness (QED) is 0.908. The van der Waals surface area contributed by atoms with Crippen LogP contribution in [0.3, 0.4) is 0 Å². The Labute approximate surface area is 126 Å². The average molecular weight is 302 g/mol. The fourth-order valence-electron chi connectivity index (χ4n) is 2.60. The Morgan fingerprint density at radius 2 is 2.32 bits per heavy atom. The van der Waals surface area contributed by atoms with Crippen molar-refractivity contribution in [2.75, 3.05) is 18.5 Å². The molecule has 0 bridgehead atoms. The second-order valence-electron chi connectivity index (χ2n) is 5.12. The highest BCUT2D eigenvalue weighted by Crippen LogP contribution is 2.34. The van der Waals surface area contributed by atoms with E-state index in [1.165, 1.54) is 30.6 Å². The molecule has 3 rings (SSSR count). The number of hydrogen-bond acceptors (Lipinski definition) is 4. The maximum absolute atomic E-state index is 13.4. The molecule has 6 heteroatoms. The summed E-state index contributed by atoms with van der Waals surface area (Å²) in [4.78, 5) is 15.1. The number of carboxylic acid groups (broad SMARTS) is 1. The van der Waals surface area contributed by atoms with E-state index in [1.54, 1.807) is 6.07 Å². The Bertz CT molecular complexity index is 706. The minimum Gasteiger partial charge on any atom is -0.493 e. The fraction of sp³-hybridized carbons (Fsp3) is 0.250. The lowest BCUT2D eigenvalue weighted by Gasteiger charge is -2.26. The largest absolute Gasteiger partial charge is 0.493 e. The molecular formula is C16H15FN2O3. The summed E-state index contributed by atoms with van der Waals surface area (Å²) in [6.45, 7) is 1.05. The van der Waals surface area contributed by atoms with Gasteiger partial charge in [0.15, 0.2) is 0 Å². The van der Waals surface area contributed by atoms with Gasteiger partial charge in [-0.25, -0.2) is 9.18 Å². The zero-order valence-corrected chi connectivity index (χ0v) is 11.8. The Morgan fingerprint density at radius 1 is 1.45 bits per heavy atom. The molecule has 2 heterocycles. The molecule has 0 saturated heterocycles. The van der Waals surface area contributed by atoms with Gasteiger partial charge in [0.05, 0.1) is 24.1 Å². The molecule has 1 aliphatic heterocycles. The smallest absolute Gasteiger partial charge is 0.337 e. The number of nitrogens with one attached hydrogen (secondary N) is 1. The van der Waals surface area contributed by atoms with E-state index in [9.17, 15) is 9.18 Å². The number of aromatic carboxylic acids is 1. The van der Waals surface area contributed by atoms with Gasteiger partial charge in [0.1, 0.15) is 11.6 Å². The average Bonchev–Trinajstić information content (AvgIpc) is 2.53. The number of aromatic nitrogens is 1. The van der Waals surface area contributed by atoms with Crippen LogP contribution in [-0.4, -0.2) is 29.2 Å². The third-order valence-electron chi connectivity index (χ3n) is 3.73. The lowest BCUT2D eigenvalue weighted by Crippen LogP contribution is -2.21. The van der Waals surface area contributed by atoms with Crippen molar-refractivity contribution in [3.8, 4) is 5.75 Å². The molecule has 1 unspecified atom stereocenters. The van der Waals surface area contributed by atoms with Crippen molar-refractivity contribution in [3.63, 3.8) is 0 Å². The number of pyridine rings is 1. The fourth-order valence-corrected chi connectivity index (χ4v) is 2.60. The van der Waals surface area contributed by atoms with Crippen molar-refractivity contribution in [2.45, 2.75) is 12.3 Å². The van der Waals surface area contributed by atoms with E-state index < -0.39 is 5.97 Å². The van der Waals surface area contributed by atoms with Crippen molar-refractivity contribution in [3.05, 3.63) is 53.6 Å². The number of rotatable bonds is 4. The first-order valence-electron chi connectivity index (χ1n) is 6.98. The molecular weight excluding hydrogens is 287 g/mol. The van der Waals surface area contributed by atoms with Crippen LogP contribution in [-0.2, 0) is 0 Å². The molecule has 114 valence electrons. The van der Waals surface area contributed by atoms with Crippen LogP contribution in [0.5, 0.6) is 5.75 Å². The summed E-state index contributed by atoms with van der Waals surface area (Å²) in [6, 6.07) is 5.92. The molecule has 22 heavy (non-hydrogen) atoms. The number of benzene rings is 1. The first kappa shape index (κ1) is 14.3. The third kappa shape index (κ3) is 2.86. The highest BCUT2D eigenvalue weighted by molar-refractivity contribution is 5.93. The highest BCUT2D eigenvalue weighted by atomic mass is 19.1. The molecule has 0 amide bonds. The summed E-state index contributed by atoms with van der Waals surface area (Å²) in [5.74, 6) is -0.574. The topological polar surface area (TPSA) is 71.5 Å². The van der Waals surface area contributed by atoms with Crippen LogP contribution in [0, 0.1) is 5.82 Å². The molecule has 2 N–H and O–H groups in total. The monoisotopic (exact) mass is 302 g/mol. The minimum absolute atomic E-state index is 0.0568. The second-order valence-corrected chi connectivity index (χ2v) is 5.12. The van der Waals surface area contributed by atoms with Crippen LogP contribution in [0.2, 0.25) is 0 Å². The normalized spacial score (nSPS) is 16.5. The first-order chi connectivity index (χ1) is 10.6. The summed E-state index contributed by atoms with van der Waals surface area (Å²) >= 11 is 0. The predicted molar refractivity (Wildman–Crippen MR) is 78.9 cm³/mol. The van der Waals surface area contributed by atoms with E-state index in [-0.39, 0.29) is 17.3 Å². The van der Waals surface area contributed by atoms with Gasteiger partial charge in [0.25, 0.3) is 0 Å². The number of ether oxygens (including phenoxy) is 1. The lowest BCUT2D eigenvalue weighted by molar-refractivity contribution is 0.0697. The van der Waals surface area contributed by atoms with Crippen molar-refractivity contribution >= 4 is 11.7 Å². The Hall–Kier alpha value is -2.63. The molecule has 1 aliphatic rings. The lowest BCUT2D eigenvalue weighted by atomic mass is 9.93. The summed E-state index contributed by atoms with van der Waals surface area (Å²) < 4.78 is 19.0. The molecule has 1 aromatic heterocycles. The van der Waals surface area contributed by atoms with E-state index in [1.807, 2.05) is 0 Å². The van der Waals surface area contributed by atoms with Gasteiger partial charge in [0.2, 0.25) is 0 Å². The second kappa shape index (κ2) is 6.01. The zero-order valence-electron chi connectivity index (χ0n) is 11.8. The molecule has 1 atom stereocenters. The molecule has 5 nitrogen and oxygen atoms in total. The summed E-state index contributed by atoms with van der Waals surface area (Å²) in [5, 5.41) is 12.3. The van der Waals surface area contributed by atoms with E-state index in [4.69, 9.17) is 9.84 Å². The van der Waals surface area contributed by atoms with Crippen LogP contribution < -0.4 is 10.1 Å². The van der Waals surface area contributed by atoms with Crippen molar-refractivity contribution in [1.82, 2.24) is 4.98 Å². The van der Waals surface area contributed by atoms with Crippen molar-refractivity contribution < 1.29 is 19.0 Å². The minimum atomic E-state index is -1.01. The van der Waals surface area contributed by atoms with Crippen molar-refractivity contribution in [2.24, 2.45) is 0 Å². The van der Waals surface area contributed by atoms with Gasteiger partial charge in [0, 0.05) is 24.2 Å². The molecule has 1 aromatic carbocycles. The number of nitrogens with zero attached hydrogens (tertiary/aromatic N) is 1. The molecule has 0 fully saturated rings. The number of halogens is 1. The summed E-state index contributed by atoms with van der Waals surface area (Å²) in [7, 11) is 0. The van der Waals surface area contributed by atoms with Crippen LogP contribution >= 0.6 is 0 Å². The molecule has 0 saturated carbocycles. The van der Waals surface area contributed by atoms with Crippen LogP contribution in [0.15, 0.2) is 36.7 Å². The van der Waals surface area contributed by atoms with Gasteiger partial charge in [-0.05, 0) is 30.7 Å². The highest BCUT2D eigenvalue weighted by Gasteiger charge is 2.22. The number of carboxylic acids is 1. The number of carbonyl (C=O) groups is 1. The van der Waals surface area contributed by atoms with Gasteiger partial charge >= 0.3 is 5.97 Å². The predicted octanol–water partition coefficient (Wildman–Crippen LogP) is 2.90. The molecule has 0 spiro atoms. The van der Waals surface area contributed by atoms with E-state index in [0.29, 0.717) is 24.6 Å². The number of hydrogen-bond donors (Lipinski definition) is 2. The van der Waals surface area contributed by atoms with E-state index in [2.05, 4.69) is 10.3 Å². The maximum atomic E-state index is 13.4. The summed E-state index contributed by atoms with van der Waals surface area (Å²) in [5.41, 5.74) is 1.43. The van der Waals surface area contributed by atoms with Crippen LogP contribution in [0.25, 0.3) is 0 Å².